The van der Waals surface area contributed by atoms with Crippen molar-refractivity contribution in [2.45, 2.75) is 32.0 Å². The van der Waals surface area contributed by atoms with E-state index in [0.717, 1.165) is 25.1 Å². The molecule has 0 saturated carbocycles. The molecule has 3 heteroatoms. The third-order valence-electron chi connectivity index (χ3n) is 2.45. The Morgan fingerprint density at radius 3 is 2.64 bits per heavy atom. The lowest BCUT2D eigenvalue weighted by molar-refractivity contribution is 0.242. The molecule has 1 aromatic rings. The second-order valence-electron chi connectivity index (χ2n) is 3.55. The zero-order valence-electron chi connectivity index (χ0n) is 8.07. The molecule has 1 heterocycles. The Hall–Kier alpha value is -1.06. The molecule has 2 rings (SSSR count). The van der Waals surface area contributed by atoms with Crippen LogP contribution in [0.4, 0.5) is 0 Å². The van der Waals surface area contributed by atoms with Crippen LogP contribution in [0.1, 0.15) is 24.4 Å². The molecule has 0 fully saturated rings. The van der Waals surface area contributed by atoms with Gasteiger partial charge in [0, 0.05) is 6.04 Å². The molecule has 2 N–H and O–H groups in total. The third-order valence-corrected chi connectivity index (χ3v) is 2.45. The summed E-state index contributed by atoms with van der Waals surface area (Å²) >= 11 is 0. The van der Waals surface area contributed by atoms with E-state index in [2.05, 4.69) is 17.5 Å². The highest BCUT2D eigenvalue weighted by Crippen LogP contribution is 2.12. The zero-order valence-corrected chi connectivity index (χ0v) is 8.07. The van der Waals surface area contributed by atoms with Gasteiger partial charge in [-0.3, -0.25) is 0 Å². The fourth-order valence-corrected chi connectivity index (χ4v) is 1.63. The fraction of sp³-hybridized carbons (Fsp3) is 0.455. The molecule has 76 valence electrons. The summed E-state index contributed by atoms with van der Waals surface area (Å²) in [6, 6.07) is 4.27. The van der Waals surface area contributed by atoms with Crippen molar-refractivity contribution < 1.29 is 9.52 Å². The molecule has 0 radical (unpaired) electrons. The van der Waals surface area contributed by atoms with Gasteiger partial charge in [-0.05, 0) is 25.0 Å². The summed E-state index contributed by atoms with van der Waals surface area (Å²) in [5.41, 5.74) is 0. The minimum absolute atomic E-state index is 0.0228. The summed E-state index contributed by atoms with van der Waals surface area (Å²) in [4.78, 5) is 0. The number of furan rings is 1. The maximum absolute atomic E-state index is 8.81. The van der Waals surface area contributed by atoms with Crippen LogP contribution in [-0.2, 0) is 13.2 Å². The molecule has 0 aliphatic heterocycles. The first-order valence-electron chi connectivity index (χ1n) is 4.95. The van der Waals surface area contributed by atoms with Crippen molar-refractivity contribution in [1.29, 1.82) is 0 Å². The van der Waals surface area contributed by atoms with Crippen molar-refractivity contribution in [2.24, 2.45) is 0 Å². The van der Waals surface area contributed by atoms with E-state index in [1.54, 1.807) is 0 Å². The molecule has 0 saturated heterocycles. The molecule has 0 aromatic carbocycles. The van der Waals surface area contributed by atoms with Crippen molar-refractivity contribution >= 4 is 0 Å². The second kappa shape index (κ2) is 4.44. The standard InChI is InChI=1S/C11H15NO2/c13-8-11-6-5-10(14-11)7-12-9-3-1-2-4-9/h1-2,5-6,9,12-13H,3-4,7-8H2. The fourth-order valence-electron chi connectivity index (χ4n) is 1.63. The summed E-state index contributed by atoms with van der Waals surface area (Å²) in [7, 11) is 0. The van der Waals surface area contributed by atoms with Gasteiger partial charge in [0.25, 0.3) is 0 Å². The molecule has 0 atom stereocenters. The van der Waals surface area contributed by atoms with E-state index in [4.69, 9.17) is 9.52 Å². The van der Waals surface area contributed by atoms with E-state index >= 15 is 0 Å². The van der Waals surface area contributed by atoms with Crippen LogP contribution in [0.15, 0.2) is 28.7 Å². The average Bonchev–Trinajstić information content (AvgIpc) is 2.86. The zero-order chi connectivity index (χ0) is 9.80. The number of rotatable bonds is 4. The largest absolute Gasteiger partial charge is 0.462 e. The minimum atomic E-state index is -0.0228. The molecule has 1 aliphatic carbocycles. The van der Waals surface area contributed by atoms with Crippen LogP contribution in [0.3, 0.4) is 0 Å². The van der Waals surface area contributed by atoms with Crippen molar-refractivity contribution in [2.75, 3.05) is 0 Å². The van der Waals surface area contributed by atoms with Gasteiger partial charge in [-0.15, -0.1) is 0 Å². The van der Waals surface area contributed by atoms with Gasteiger partial charge in [0.1, 0.15) is 18.1 Å². The minimum Gasteiger partial charge on any atom is -0.462 e. The SMILES string of the molecule is OCc1ccc(CNC2CC=CC2)o1. The van der Waals surface area contributed by atoms with E-state index in [1.165, 1.54) is 0 Å². The Bertz CT molecular complexity index is 309. The van der Waals surface area contributed by atoms with Crippen LogP contribution in [-0.4, -0.2) is 11.1 Å². The van der Waals surface area contributed by atoms with E-state index in [0.29, 0.717) is 11.8 Å². The van der Waals surface area contributed by atoms with E-state index in [1.807, 2.05) is 12.1 Å². The van der Waals surface area contributed by atoms with Gasteiger partial charge in [-0.2, -0.15) is 0 Å². The van der Waals surface area contributed by atoms with Crippen LogP contribution >= 0.6 is 0 Å². The Labute approximate surface area is 83.4 Å². The molecule has 0 bridgehead atoms. The third kappa shape index (κ3) is 2.25. The molecule has 1 aliphatic rings. The van der Waals surface area contributed by atoms with E-state index in [9.17, 15) is 0 Å². The Morgan fingerprint density at radius 2 is 2.00 bits per heavy atom. The number of hydrogen-bond acceptors (Lipinski definition) is 3. The smallest absolute Gasteiger partial charge is 0.129 e. The predicted octanol–water partition coefficient (Wildman–Crippen LogP) is 1.58. The first kappa shape index (κ1) is 9.49. The van der Waals surface area contributed by atoms with Gasteiger partial charge >= 0.3 is 0 Å². The van der Waals surface area contributed by atoms with Gasteiger partial charge in [-0.1, -0.05) is 12.2 Å². The number of hydrogen-bond donors (Lipinski definition) is 2. The first-order valence-corrected chi connectivity index (χ1v) is 4.95. The molecule has 1 aromatic heterocycles. The molecular formula is C11H15NO2. The van der Waals surface area contributed by atoms with Crippen molar-refractivity contribution in [3.8, 4) is 0 Å². The lowest BCUT2D eigenvalue weighted by Gasteiger charge is -2.09. The van der Waals surface area contributed by atoms with Crippen LogP contribution in [0, 0.1) is 0 Å². The highest BCUT2D eigenvalue weighted by Gasteiger charge is 2.09. The number of nitrogens with one attached hydrogen (secondary N) is 1. The molecule has 3 nitrogen and oxygen atoms in total. The summed E-state index contributed by atoms with van der Waals surface area (Å²) < 4.78 is 5.36. The summed E-state index contributed by atoms with van der Waals surface area (Å²) in [6.45, 7) is 0.720. The van der Waals surface area contributed by atoms with Crippen LogP contribution < -0.4 is 5.32 Å². The molecule has 0 unspecified atom stereocenters. The predicted molar refractivity (Wildman–Crippen MR) is 53.6 cm³/mol. The van der Waals surface area contributed by atoms with Crippen molar-refractivity contribution in [1.82, 2.24) is 5.32 Å². The molecular weight excluding hydrogens is 178 g/mol. The Morgan fingerprint density at radius 1 is 1.29 bits per heavy atom. The second-order valence-corrected chi connectivity index (χ2v) is 3.55. The molecule has 0 spiro atoms. The Kier molecular flexibility index (Phi) is 3.01. The lowest BCUT2D eigenvalue weighted by Crippen LogP contribution is -2.25. The van der Waals surface area contributed by atoms with E-state index in [-0.39, 0.29) is 6.61 Å². The maximum atomic E-state index is 8.81. The summed E-state index contributed by atoms with van der Waals surface area (Å²) in [6.07, 6.45) is 6.60. The number of aliphatic hydroxyl groups excluding tert-OH is 1. The Balaban J connectivity index is 1.79. The normalized spacial score (nSPS) is 16.6. The highest BCUT2D eigenvalue weighted by atomic mass is 16.4. The average molecular weight is 193 g/mol. The van der Waals surface area contributed by atoms with E-state index < -0.39 is 0 Å². The summed E-state index contributed by atoms with van der Waals surface area (Å²) in [5, 5.41) is 12.2. The maximum Gasteiger partial charge on any atom is 0.129 e. The monoisotopic (exact) mass is 193 g/mol. The highest BCUT2D eigenvalue weighted by molar-refractivity contribution is 5.07. The topological polar surface area (TPSA) is 45.4 Å². The van der Waals surface area contributed by atoms with Gasteiger partial charge in [-0.25, -0.2) is 0 Å². The van der Waals surface area contributed by atoms with Gasteiger partial charge in [0.05, 0.1) is 6.54 Å². The van der Waals surface area contributed by atoms with Gasteiger partial charge in [0.15, 0.2) is 0 Å². The summed E-state index contributed by atoms with van der Waals surface area (Å²) in [5.74, 6) is 1.52. The van der Waals surface area contributed by atoms with Crippen molar-refractivity contribution in [3.63, 3.8) is 0 Å². The molecule has 14 heavy (non-hydrogen) atoms. The lowest BCUT2D eigenvalue weighted by atomic mass is 10.2. The number of aliphatic hydroxyl groups is 1. The van der Waals surface area contributed by atoms with Crippen LogP contribution in [0.5, 0.6) is 0 Å². The van der Waals surface area contributed by atoms with Crippen molar-refractivity contribution in [3.05, 3.63) is 35.8 Å². The van der Waals surface area contributed by atoms with Crippen LogP contribution in [0.2, 0.25) is 0 Å². The van der Waals surface area contributed by atoms with Gasteiger partial charge in [0.2, 0.25) is 0 Å². The van der Waals surface area contributed by atoms with Gasteiger partial charge < -0.3 is 14.8 Å². The molecule has 0 amide bonds. The quantitative estimate of drug-likeness (QED) is 0.714. The van der Waals surface area contributed by atoms with Crippen LogP contribution in [0.25, 0.3) is 0 Å². The first-order chi connectivity index (χ1) is 6.88.